The molecule has 2 aromatic rings. The lowest BCUT2D eigenvalue weighted by atomic mass is 10.2. The molecule has 2 aromatic heterocycles. The maximum atomic E-state index is 12.2. The van der Waals surface area contributed by atoms with Crippen LogP contribution < -0.4 is 0 Å². The van der Waals surface area contributed by atoms with Gasteiger partial charge in [0.05, 0.1) is 11.8 Å². The van der Waals surface area contributed by atoms with E-state index in [0.29, 0.717) is 0 Å². The molecule has 0 aliphatic carbocycles. The van der Waals surface area contributed by atoms with Gasteiger partial charge in [-0.3, -0.25) is 4.40 Å². The minimum Gasteiger partial charge on any atom is -0.493 e. The standard InChI is InChI=1S/C8H5F3N2O/c9-8(10,11)5-1-2-13-6(3-5)12-4-7(13)14/h1-4,14H. The first-order chi connectivity index (χ1) is 6.48. The van der Waals surface area contributed by atoms with Crippen molar-refractivity contribution in [1.29, 1.82) is 0 Å². The smallest absolute Gasteiger partial charge is 0.416 e. The highest BCUT2D eigenvalue weighted by molar-refractivity contribution is 5.45. The SMILES string of the molecule is Oc1cnc2cc(C(F)(F)F)ccn12. The molecule has 0 unspecified atom stereocenters. The van der Waals surface area contributed by atoms with Crippen LogP contribution in [-0.4, -0.2) is 14.5 Å². The Balaban J connectivity index is 2.63. The van der Waals surface area contributed by atoms with E-state index in [9.17, 15) is 13.2 Å². The summed E-state index contributed by atoms with van der Waals surface area (Å²) in [7, 11) is 0. The number of aromatic nitrogens is 2. The number of alkyl halides is 3. The van der Waals surface area contributed by atoms with E-state index < -0.39 is 11.7 Å². The summed E-state index contributed by atoms with van der Waals surface area (Å²) in [5.74, 6) is -0.186. The number of aromatic hydroxyl groups is 1. The van der Waals surface area contributed by atoms with Crippen molar-refractivity contribution in [2.75, 3.05) is 0 Å². The molecule has 0 saturated carbocycles. The number of hydrogen-bond acceptors (Lipinski definition) is 2. The predicted molar refractivity (Wildman–Crippen MR) is 41.9 cm³/mol. The summed E-state index contributed by atoms with van der Waals surface area (Å²) in [6.07, 6.45) is -2.17. The molecule has 1 N–H and O–H groups in total. The zero-order valence-electron chi connectivity index (χ0n) is 6.78. The molecule has 0 fully saturated rings. The van der Waals surface area contributed by atoms with Gasteiger partial charge in [0.2, 0.25) is 5.88 Å². The van der Waals surface area contributed by atoms with Gasteiger partial charge in [0.1, 0.15) is 5.65 Å². The Bertz CT molecular complexity index is 475. The molecule has 0 atom stereocenters. The normalized spacial score (nSPS) is 12.2. The monoisotopic (exact) mass is 202 g/mol. The van der Waals surface area contributed by atoms with Crippen molar-refractivity contribution in [2.24, 2.45) is 0 Å². The largest absolute Gasteiger partial charge is 0.493 e. The quantitative estimate of drug-likeness (QED) is 0.709. The Morgan fingerprint density at radius 2 is 2.07 bits per heavy atom. The minimum atomic E-state index is -4.39. The lowest BCUT2D eigenvalue weighted by molar-refractivity contribution is -0.137. The van der Waals surface area contributed by atoms with Gasteiger partial charge in [-0.05, 0) is 12.1 Å². The van der Waals surface area contributed by atoms with Crippen LogP contribution in [0.5, 0.6) is 5.88 Å². The third-order valence-electron chi connectivity index (χ3n) is 1.82. The summed E-state index contributed by atoms with van der Waals surface area (Å²) in [4.78, 5) is 3.61. The van der Waals surface area contributed by atoms with Crippen LogP contribution >= 0.6 is 0 Å². The number of halogens is 3. The van der Waals surface area contributed by atoms with Gasteiger partial charge in [0.25, 0.3) is 0 Å². The Hall–Kier alpha value is -1.72. The molecule has 0 aromatic carbocycles. The summed E-state index contributed by atoms with van der Waals surface area (Å²) >= 11 is 0. The van der Waals surface area contributed by atoms with Crippen molar-refractivity contribution >= 4 is 5.65 Å². The van der Waals surface area contributed by atoms with Crippen LogP contribution in [0.3, 0.4) is 0 Å². The summed E-state index contributed by atoms with van der Waals surface area (Å²) in [6, 6.07) is 1.76. The Morgan fingerprint density at radius 3 is 2.71 bits per heavy atom. The maximum Gasteiger partial charge on any atom is 0.416 e. The van der Waals surface area contributed by atoms with Crippen molar-refractivity contribution in [2.45, 2.75) is 6.18 Å². The third kappa shape index (κ3) is 1.28. The second-order valence-electron chi connectivity index (χ2n) is 2.76. The maximum absolute atomic E-state index is 12.2. The number of nitrogens with zero attached hydrogens (tertiary/aromatic N) is 2. The second-order valence-corrected chi connectivity index (χ2v) is 2.76. The fourth-order valence-corrected chi connectivity index (χ4v) is 1.14. The molecule has 0 amide bonds. The van der Waals surface area contributed by atoms with Crippen molar-refractivity contribution in [1.82, 2.24) is 9.38 Å². The average Bonchev–Trinajstić information content (AvgIpc) is 2.46. The van der Waals surface area contributed by atoms with Crippen LogP contribution in [0.1, 0.15) is 5.56 Å². The molecule has 0 spiro atoms. The molecule has 14 heavy (non-hydrogen) atoms. The van der Waals surface area contributed by atoms with E-state index in [4.69, 9.17) is 5.11 Å². The third-order valence-corrected chi connectivity index (χ3v) is 1.82. The molecule has 0 bridgehead atoms. The lowest BCUT2D eigenvalue weighted by Gasteiger charge is -2.05. The number of imidazole rings is 1. The van der Waals surface area contributed by atoms with Gasteiger partial charge in [-0.25, -0.2) is 4.98 Å². The fourth-order valence-electron chi connectivity index (χ4n) is 1.14. The Kier molecular flexibility index (Phi) is 1.67. The van der Waals surface area contributed by atoms with Crippen molar-refractivity contribution in [3.63, 3.8) is 0 Å². The van der Waals surface area contributed by atoms with Crippen molar-refractivity contribution in [3.05, 3.63) is 30.1 Å². The minimum absolute atomic E-state index is 0.0670. The summed E-state index contributed by atoms with van der Waals surface area (Å²) in [6.45, 7) is 0. The highest BCUT2D eigenvalue weighted by Crippen LogP contribution is 2.30. The zero-order valence-corrected chi connectivity index (χ0v) is 6.78. The Labute approximate surface area is 76.4 Å². The van der Waals surface area contributed by atoms with Crippen LogP contribution in [0.15, 0.2) is 24.5 Å². The first-order valence-electron chi connectivity index (χ1n) is 3.72. The molecular formula is C8H5F3N2O. The molecule has 2 heterocycles. The van der Waals surface area contributed by atoms with E-state index in [-0.39, 0.29) is 11.5 Å². The van der Waals surface area contributed by atoms with E-state index in [0.717, 1.165) is 28.9 Å². The van der Waals surface area contributed by atoms with Crippen LogP contribution in [-0.2, 0) is 6.18 Å². The van der Waals surface area contributed by atoms with E-state index in [2.05, 4.69) is 4.98 Å². The van der Waals surface area contributed by atoms with Gasteiger partial charge in [-0.1, -0.05) is 0 Å². The predicted octanol–water partition coefficient (Wildman–Crippen LogP) is 2.06. The van der Waals surface area contributed by atoms with Crippen molar-refractivity contribution in [3.8, 4) is 5.88 Å². The van der Waals surface area contributed by atoms with Crippen LogP contribution in [0.25, 0.3) is 5.65 Å². The molecule has 2 rings (SSSR count). The van der Waals surface area contributed by atoms with E-state index in [1.54, 1.807) is 0 Å². The zero-order chi connectivity index (χ0) is 10.3. The molecule has 3 nitrogen and oxygen atoms in total. The van der Waals surface area contributed by atoms with Gasteiger partial charge in [0, 0.05) is 6.20 Å². The second kappa shape index (κ2) is 2.63. The summed E-state index contributed by atoms with van der Waals surface area (Å²) < 4.78 is 37.8. The topological polar surface area (TPSA) is 37.5 Å². The highest BCUT2D eigenvalue weighted by atomic mass is 19.4. The van der Waals surface area contributed by atoms with Gasteiger partial charge >= 0.3 is 6.18 Å². The molecule has 0 aliphatic heterocycles. The molecule has 0 aliphatic rings. The molecule has 0 radical (unpaired) electrons. The average molecular weight is 202 g/mol. The van der Waals surface area contributed by atoms with Crippen LogP contribution in [0.2, 0.25) is 0 Å². The number of fused-ring (bicyclic) bond motifs is 1. The number of rotatable bonds is 0. The summed E-state index contributed by atoms with van der Waals surface area (Å²) in [5.41, 5.74) is -0.715. The molecule has 0 saturated heterocycles. The van der Waals surface area contributed by atoms with E-state index in [1.807, 2.05) is 0 Å². The number of hydrogen-bond donors (Lipinski definition) is 1. The fraction of sp³-hybridized carbons (Fsp3) is 0.125. The van der Waals surface area contributed by atoms with E-state index >= 15 is 0 Å². The summed E-state index contributed by atoms with van der Waals surface area (Å²) in [5, 5.41) is 9.12. The molecule has 6 heteroatoms. The lowest BCUT2D eigenvalue weighted by Crippen LogP contribution is -2.05. The van der Waals surface area contributed by atoms with Crippen LogP contribution in [0.4, 0.5) is 13.2 Å². The number of pyridine rings is 1. The Morgan fingerprint density at radius 1 is 1.36 bits per heavy atom. The van der Waals surface area contributed by atoms with Gasteiger partial charge in [-0.2, -0.15) is 13.2 Å². The van der Waals surface area contributed by atoms with Crippen LogP contribution in [0, 0.1) is 0 Å². The van der Waals surface area contributed by atoms with E-state index in [1.165, 1.54) is 0 Å². The van der Waals surface area contributed by atoms with Crippen molar-refractivity contribution < 1.29 is 18.3 Å². The van der Waals surface area contributed by atoms with Gasteiger partial charge in [0.15, 0.2) is 0 Å². The molecule has 74 valence electrons. The van der Waals surface area contributed by atoms with Gasteiger partial charge < -0.3 is 5.11 Å². The highest BCUT2D eigenvalue weighted by Gasteiger charge is 2.30. The first kappa shape index (κ1) is 8.86. The molecular weight excluding hydrogens is 197 g/mol. The first-order valence-corrected chi connectivity index (χ1v) is 3.72. The van der Waals surface area contributed by atoms with Gasteiger partial charge in [-0.15, -0.1) is 0 Å².